The van der Waals surface area contributed by atoms with Crippen molar-refractivity contribution in [1.29, 1.82) is 0 Å². The highest BCUT2D eigenvalue weighted by Gasteiger charge is 2.31. The van der Waals surface area contributed by atoms with Gasteiger partial charge in [-0.1, -0.05) is 12.1 Å². The SMILES string of the molecule is O=C1CCC(=O)N1c1ccccc1O. The summed E-state index contributed by atoms with van der Waals surface area (Å²) in [4.78, 5) is 23.7. The molecule has 2 rings (SSSR count). The van der Waals surface area contributed by atoms with Crippen LogP contribution in [0, 0.1) is 0 Å². The fourth-order valence-electron chi connectivity index (χ4n) is 1.50. The summed E-state index contributed by atoms with van der Waals surface area (Å²) in [5, 5.41) is 9.46. The van der Waals surface area contributed by atoms with Crippen molar-refractivity contribution in [3.63, 3.8) is 0 Å². The molecule has 0 unspecified atom stereocenters. The minimum absolute atomic E-state index is 0.0453. The maximum atomic E-state index is 11.3. The van der Waals surface area contributed by atoms with Gasteiger partial charge in [-0.15, -0.1) is 0 Å². The molecule has 1 N–H and O–H groups in total. The van der Waals surface area contributed by atoms with Gasteiger partial charge in [0.1, 0.15) is 5.75 Å². The maximum absolute atomic E-state index is 11.3. The lowest BCUT2D eigenvalue weighted by Crippen LogP contribution is -2.28. The first kappa shape index (κ1) is 8.74. The number of nitrogens with zero attached hydrogens (tertiary/aromatic N) is 1. The summed E-state index contributed by atoms with van der Waals surface area (Å²) in [6.07, 6.45) is 0.459. The normalized spacial score (nSPS) is 16.4. The van der Waals surface area contributed by atoms with Crippen LogP contribution in [-0.2, 0) is 9.59 Å². The van der Waals surface area contributed by atoms with Crippen molar-refractivity contribution in [2.75, 3.05) is 4.90 Å². The second-order valence-electron chi connectivity index (χ2n) is 3.11. The van der Waals surface area contributed by atoms with Crippen molar-refractivity contribution < 1.29 is 14.7 Å². The standard InChI is InChI=1S/C10H9NO3/c12-8-4-2-1-3-7(8)11-9(13)5-6-10(11)14/h1-4,12H,5-6H2. The quantitative estimate of drug-likeness (QED) is 0.675. The number of hydrogen-bond acceptors (Lipinski definition) is 3. The predicted molar refractivity (Wildman–Crippen MR) is 49.8 cm³/mol. The number of phenols is 1. The van der Waals surface area contributed by atoms with Crippen LogP contribution in [0.3, 0.4) is 0 Å². The van der Waals surface area contributed by atoms with Crippen LogP contribution in [0.1, 0.15) is 12.8 Å². The highest BCUT2D eigenvalue weighted by atomic mass is 16.3. The van der Waals surface area contributed by atoms with Crippen LogP contribution in [0.5, 0.6) is 5.75 Å². The van der Waals surface area contributed by atoms with Crippen LogP contribution in [0.2, 0.25) is 0 Å². The van der Waals surface area contributed by atoms with Crippen LogP contribution >= 0.6 is 0 Å². The Labute approximate surface area is 80.8 Å². The van der Waals surface area contributed by atoms with Gasteiger partial charge in [0.15, 0.2) is 0 Å². The summed E-state index contributed by atoms with van der Waals surface area (Å²) in [7, 11) is 0. The number of carbonyl (C=O) groups is 2. The van der Waals surface area contributed by atoms with E-state index in [1.807, 2.05) is 0 Å². The van der Waals surface area contributed by atoms with E-state index < -0.39 is 0 Å². The molecule has 1 aliphatic rings. The molecule has 14 heavy (non-hydrogen) atoms. The van der Waals surface area contributed by atoms with E-state index in [2.05, 4.69) is 0 Å². The Hall–Kier alpha value is -1.84. The summed E-state index contributed by atoms with van der Waals surface area (Å²) >= 11 is 0. The van der Waals surface area contributed by atoms with Crippen molar-refractivity contribution in [2.24, 2.45) is 0 Å². The van der Waals surface area contributed by atoms with Crippen LogP contribution in [-0.4, -0.2) is 16.9 Å². The van der Waals surface area contributed by atoms with E-state index in [1.165, 1.54) is 6.07 Å². The van der Waals surface area contributed by atoms with Gasteiger partial charge in [0.2, 0.25) is 11.8 Å². The Morgan fingerprint density at radius 2 is 1.64 bits per heavy atom. The average Bonchev–Trinajstić information content (AvgIpc) is 2.48. The van der Waals surface area contributed by atoms with Crippen molar-refractivity contribution in [3.8, 4) is 5.75 Å². The van der Waals surface area contributed by atoms with E-state index in [-0.39, 0.29) is 36.1 Å². The average molecular weight is 191 g/mol. The van der Waals surface area contributed by atoms with Gasteiger partial charge >= 0.3 is 0 Å². The number of imide groups is 1. The Balaban J connectivity index is 2.44. The molecule has 4 nitrogen and oxygen atoms in total. The molecule has 1 aromatic carbocycles. The lowest BCUT2D eigenvalue weighted by molar-refractivity contribution is -0.121. The Morgan fingerprint density at radius 3 is 2.21 bits per heavy atom. The molecule has 0 spiro atoms. The minimum Gasteiger partial charge on any atom is -0.506 e. The number of aromatic hydroxyl groups is 1. The first-order valence-electron chi connectivity index (χ1n) is 4.34. The number of benzene rings is 1. The smallest absolute Gasteiger partial charge is 0.234 e. The molecular weight excluding hydrogens is 182 g/mol. The van der Waals surface area contributed by atoms with E-state index in [4.69, 9.17) is 0 Å². The molecule has 2 amide bonds. The first-order valence-corrected chi connectivity index (χ1v) is 4.34. The van der Waals surface area contributed by atoms with Gasteiger partial charge in [-0.05, 0) is 12.1 Å². The monoisotopic (exact) mass is 191 g/mol. The van der Waals surface area contributed by atoms with Gasteiger partial charge in [0.25, 0.3) is 0 Å². The third-order valence-corrected chi connectivity index (χ3v) is 2.17. The lowest BCUT2D eigenvalue weighted by Gasteiger charge is -2.14. The van der Waals surface area contributed by atoms with Gasteiger partial charge < -0.3 is 5.11 Å². The summed E-state index contributed by atoms with van der Waals surface area (Å²) in [6, 6.07) is 6.32. The molecule has 1 fully saturated rings. The zero-order valence-corrected chi connectivity index (χ0v) is 7.43. The number of anilines is 1. The van der Waals surface area contributed by atoms with Crippen LogP contribution < -0.4 is 4.90 Å². The summed E-state index contributed by atoms with van der Waals surface area (Å²) in [5.41, 5.74) is 0.278. The predicted octanol–water partition coefficient (Wildman–Crippen LogP) is 1.05. The molecular formula is C10H9NO3. The molecule has 0 saturated carbocycles. The third kappa shape index (κ3) is 1.25. The van der Waals surface area contributed by atoms with Gasteiger partial charge in [0.05, 0.1) is 5.69 Å². The van der Waals surface area contributed by atoms with Crippen molar-refractivity contribution in [1.82, 2.24) is 0 Å². The molecule has 4 heteroatoms. The van der Waals surface area contributed by atoms with Gasteiger partial charge in [-0.2, -0.15) is 0 Å². The largest absolute Gasteiger partial charge is 0.506 e. The number of amides is 2. The Kier molecular flexibility index (Phi) is 1.96. The van der Waals surface area contributed by atoms with Crippen molar-refractivity contribution >= 4 is 17.5 Å². The number of carbonyl (C=O) groups excluding carboxylic acids is 2. The number of rotatable bonds is 1. The zero-order valence-electron chi connectivity index (χ0n) is 7.43. The molecule has 1 heterocycles. The minimum atomic E-state index is -0.253. The number of para-hydroxylation sites is 2. The zero-order chi connectivity index (χ0) is 10.1. The van der Waals surface area contributed by atoms with E-state index in [1.54, 1.807) is 18.2 Å². The van der Waals surface area contributed by atoms with Gasteiger partial charge in [0, 0.05) is 12.8 Å². The van der Waals surface area contributed by atoms with Crippen molar-refractivity contribution in [2.45, 2.75) is 12.8 Å². The van der Waals surface area contributed by atoms with Crippen molar-refractivity contribution in [3.05, 3.63) is 24.3 Å². The van der Waals surface area contributed by atoms with Crippen LogP contribution in [0.25, 0.3) is 0 Å². The molecule has 0 atom stereocenters. The third-order valence-electron chi connectivity index (χ3n) is 2.17. The summed E-state index contributed by atoms with van der Waals surface area (Å²) in [6.45, 7) is 0. The second kappa shape index (κ2) is 3.14. The van der Waals surface area contributed by atoms with Crippen LogP contribution in [0.4, 0.5) is 5.69 Å². The highest BCUT2D eigenvalue weighted by Crippen LogP contribution is 2.30. The highest BCUT2D eigenvalue weighted by molar-refractivity contribution is 6.20. The Morgan fingerprint density at radius 1 is 1.07 bits per heavy atom. The number of phenolic OH excluding ortho intramolecular Hbond substituents is 1. The molecule has 0 radical (unpaired) electrons. The second-order valence-corrected chi connectivity index (χ2v) is 3.11. The van der Waals surface area contributed by atoms with E-state index >= 15 is 0 Å². The summed E-state index contributed by atoms with van der Waals surface area (Å²) in [5.74, 6) is -0.552. The fraction of sp³-hybridized carbons (Fsp3) is 0.200. The van der Waals surface area contributed by atoms with E-state index in [0.717, 1.165) is 4.90 Å². The van der Waals surface area contributed by atoms with Gasteiger partial charge in [-0.25, -0.2) is 4.90 Å². The molecule has 1 aromatic rings. The molecule has 1 saturated heterocycles. The molecule has 0 aliphatic carbocycles. The molecule has 0 bridgehead atoms. The van der Waals surface area contributed by atoms with Crippen LogP contribution in [0.15, 0.2) is 24.3 Å². The maximum Gasteiger partial charge on any atom is 0.234 e. The molecule has 1 aliphatic heterocycles. The number of hydrogen-bond donors (Lipinski definition) is 1. The first-order chi connectivity index (χ1) is 6.70. The van der Waals surface area contributed by atoms with E-state index in [9.17, 15) is 14.7 Å². The Bertz CT molecular complexity index is 384. The topological polar surface area (TPSA) is 57.6 Å². The lowest BCUT2D eigenvalue weighted by atomic mass is 10.2. The van der Waals surface area contributed by atoms with E-state index in [0.29, 0.717) is 0 Å². The van der Waals surface area contributed by atoms with Gasteiger partial charge in [-0.3, -0.25) is 9.59 Å². The summed E-state index contributed by atoms with van der Waals surface area (Å²) < 4.78 is 0. The molecule has 72 valence electrons. The fourth-order valence-corrected chi connectivity index (χ4v) is 1.50. The molecule has 0 aromatic heterocycles.